The van der Waals surface area contributed by atoms with Crippen LogP contribution in [0, 0.1) is 5.92 Å². The van der Waals surface area contributed by atoms with Crippen molar-refractivity contribution in [3.63, 3.8) is 0 Å². The van der Waals surface area contributed by atoms with Crippen molar-refractivity contribution >= 4 is 23.4 Å². The normalized spacial score (nSPS) is 15.1. The van der Waals surface area contributed by atoms with Gasteiger partial charge in [0.25, 0.3) is 5.91 Å². The number of carbonyl (C=O) groups excluding carboxylic acids is 2. The Balaban J connectivity index is 1.62. The molecule has 142 valence electrons. The molecule has 1 aliphatic rings. The molecule has 27 heavy (non-hydrogen) atoms. The lowest BCUT2D eigenvalue weighted by Crippen LogP contribution is -2.47. The summed E-state index contributed by atoms with van der Waals surface area (Å²) in [6.07, 6.45) is 0.477. The molecule has 1 aliphatic heterocycles. The third kappa shape index (κ3) is 4.43. The molecule has 0 spiro atoms. The van der Waals surface area contributed by atoms with E-state index in [4.69, 9.17) is 25.8 Å². The van der Waals surface area contributed by atoms with Crippen LogP contribution in [0.15, 0.2) is 36.4 Å². The van der Waals surface area contributed by atoms with Gasteiger partial charge in [0, 0.05) is 16.7 Å². The number of nitrogens with one attached hydrogen (secondary N) is 2. The molecule has 0 unspecified atom stereocenters. The van der Waals surface area contributed by atoms with Gasteiger partial charge in [-0.3, -0.25) is 20.4 Å². The molecule has 0 saturated carbocycles. The third-order valence-corrected chi connectivity index (χ3v) is 4.45. The fraction of sp³-hybridized carbons (Fsp3) is 0.263. The van der Waals surface area contributed by atoms with Crippen LogP contribution in [0.2, 0.25) is 5.02 Å². The van der Waals surface area contributed by atoms with Crippen LogP contribution in [0.5, 0.6) is 17.2 Å². The maximum Gasteiger partial charge on any atom is 0.269 e. The number of ether oxygens (including phenoxy) is 3. The Morgan fingerprint density at radius 1 is 1.07 bits per heavy atom. The van der Waals surface area contributed by atoms with Gasteiger partial charge in [-0.2, -0.15) is 0 Å². The van der Waals surface area contributed by atoms with Gasteiger partial charge in [-0.25, -0.2) is 0 Å². The Hall–Kier alpha value is -2.93. The Morgan fingerprint density at radius 2 is 1.78 bits per heavy atom. The van der Waals surface area contributed by atoms with Crippen LogP contribution in [-0.4, -0.2) is 32.6 Å². The smallest absolute Gasteiger partial charge is 0.269 e. The van der Waals surface area contributed by atoms with Crippen molar-refractivity contribution in [1.29, 1.82) is 0 Å². The number of benzene rings is 2. The first kappa shape index (κ1) is 18.8. The number of amides is 2. The van der Waals surface area contributed by atoms with Crippen molar-refractivity contribution in [2.24, 2.45) is 5.92 Å². The summed E-state index contributed by atoms with van der Waals surface area (Å²) in [4.78, 5) is 24.7. The number of hydrogen-bond donors (Lipinski definition) is 2. The fourth-order valence-corrected chi connectivity index (χ4v) is 2.96. The largest absolute Gasteiger partial charge is 0.497 e. The highest BCUT2D eigenvalue weighted by Gasteiger charge is 2.26. The van der Waals surface area contributed by atoms with Gasteiger partial charge in [0.15, 0.2) is 0 Å². The van der Waals surface area contributed by atoms with Crippen LogP contribution in [0.3, 0.4) is 0 Å². The molecular formula is C19H19ClN2O5. The van der Waals surface area contributed by atoms with Crippen molar-refractivity contribution in [2.75, 3.05) is 20.8 Å². The summed E-state index contributed by atoms with van der Waals surface area (Å²) in [5.41, 5.74) is 5.99. The minimum Gasteiger partial charge on any atom is -0.497 e. The van der Waals surface area contributed by atoms with Gasteiger partial charge in [-0.05, 0) is 42.3 Å². The molecule has 2 N–H and O–H groups in total. The zero-order valence-electron chi connectivity index (χ0n) is 14.9. The second-order valence-electron chi connectivity index (χ2n) is 6.01. The molecule has 0 fully saturated rings. The van der Waals surface area contributed by atoms with Gasteiger partial charge in [0.1, 0.15) is 23.9 Å². The minimum absolute atomic E-state index is 0.226. The first-order valence-electron chi connectivity index (χ1n) is 8.24. The summed E-state index contributed by atoms with van der Waals surface area (Å²) in [5.74, 6) is 0.400. The molecule has 2 aromatic rings. The topological polar surface area (TPSA) is 85.9 Å². The molecule has 7 nitrogen and oxygen atoms in total. The quantitative estimate of drug-likeness (QED) is 0.783. The molecule has 8 heteroatoms. The molecule has 0 radical (unpaired) electrons. The molecule has 3 rings (SSSR count). The highest BCUT2D eigenvalue weighted by Crippen LogP contribution is 2.29. The molecule has 1 atom stereocenters. The van der Waals surface area contributed by atoms with Crippen LogP contribution in [0.25, 0.3) is 0 Å². The predicted molar refractivity (Wildman–Crippen MR) is 99.3 cm³/mol. The second-order valence-corrected chi connectivity index (χ2v) is 6.45. The van der Waals surface area contributed by atoms with Crippen molar-refractivity contribution in [1.82, 2.24) is 10.9 Å². The summed E-state index contributed by atoms with van der Waals surface area (Å²) in [5, 5.41) is 0.582. The Bertz CT molecular complexity index is 849. The maximum absolute atomic E-state index is 12.4. The monoisotopic (exact) mass is 390 g/mol. The zero-order chi connectivity index (χ0) is 19.4. The van der Waals surface area contributed by atoms with E-state index in [1.165, 1.54) is 14.2 Å². The number of carbonyl (C=O) groups is 2. The fourth-order valence-electron chi connectivity index (χ4n) is 2.76. The van der Waals surface area contributed by atoms with E-state index < -0.39 is 11.8 Å². The molecule has 0 aliphatic carbocycles. The molecule has 2 aromatic carbocycles. The maximum atomic E-state index is 12.4. The van der Waals surface area contributed by atoms with Gasteiger partial charge in [-0.1, -0.05) is 11.6 Å². The second kappa shape index (κ2) is 8.18. The Labute approximate surface area is 161 Å². The van der Waals surface area contributed by atoms with E-state index in [9.17, 15) is 9.59 Å². The molecular weight excluding hydrogens is 372 g/mol. The number of methoxy groups -OCH3 is 2. The van der Waals surface area contributed by atoms with E-state index in [0.717, 1.165) is 11.3 Å². The first-order chi connectivity index (χ1) is 13.0. The molecule has 0 aromatic heterocycles. The highest BCUT2D eigenvalue weighted by atomic mass is 35.5. The first-order valence-corrected chi connectivity index (χ1v) is 8.62. The van der Waals surface area contributed by atoms with E-state index in [1.54, 1.807) is 36.4 Å². The zero-order valence-corrected chi connectivity index (χ0v) is 15.6. The number of hydrogen-bond acceptors (Lipinski definition) is 5. The Kier molecular flexibility index (Phi) is 5.71. The average Bonchev–Trinajstić information content (AvgIpc) is 2.70. The van der Waals surface area contributed by atoms with E-state index >= 15 is 0 Å². The van der Waals surface area contributed by atoms with E-state index in [1.807, 2.05) is 0 Å². The average molecular weight is 391 g/mol. The number of fused-ring (bicyclic) bond motifs is 1. The summed E-state index contributed by atoms with van der Waals surface area (Å²) >= 11 is 5.99. The number of rotatable bonds is 4. The summed E-state index contributed by atoms with van der Waals surface area (Å²) < 4.78 is 15.9. The lowest BCUT2D eigenvalue weighted by Gasteiger charge is -2.24. The van der Waals surface area contributed by atoms with Gasteiger partial charge in [0.05, 0.1) is 20.1 Å². The van der Waals surface area contributed by atoms with Crippen LogP contribution in [0.1, 0.15) is 15.9 Å². The van der Waals surface area contributed by atoms with Crippen molar-refractivity contribution in [2.45, 2.75) is 6.42 Å². The van der Waals surface area contributed by atoms with Crippen molar-refractivity contribution < 1.29 is 23.8 Å². The minimum atomic E-state index is -0.485. The van der Waals surface area contributed by atoms with Crippen molar-refractivity contribution in [3.05, 3.63) is 52.5 Å². The van der Waals surface area contributed by atoms with Gasteiger partial charge < -0.3 is 14.2 Å². The highest BCUT2D eigenvalue weighted by molar-refractivity contribution is 6.30. The van der Waals surface area contributed by atoms with Crippen LogP contribution in [0.4, 0.5) is 0 Å². The van der Waals surface area contributed by atoms with Crippen molar-refractivity contribution in [3.8, 4) is 17.2 Å². The lowest BCUT2D eigenvalue weighted by molar-refractivity contribution is -0.127. The van der Waals surface area contributed by atoms with Crippen LogP contribution in [-0.2, 0) is 11.2 Å². The SMILES string of the molecule is COc1cc(OC)cc(C(=O)NNC(=O)[C@@H]2COc3ccc(Cl)cc3C2)c1. The van der Waals surface area contributed by atoms with Crippen LogP contribution < -0.4 is 25.1 Å². The third-order valence-electron chi connectivity index (χ3n) is 4.21. The standard InChI is InChI=1S/C19H19ClN2O5/c1-25-15-7-12(8-16(9-15)26-2)18(23)21-22-19(24)13-5-11-6-14(20)3-4-17(11)27-10-13/h3-4,6-9,13H,5,10H2,1-2H3,(H,21,23)(H,22,24)/t13-/m0/s1. The van der Waals surface area contributed by atoms with E-state index in [-0.39, 0.29) is 12.5 Å². The lowest BCUT2D eigenvalue weighted by atomic mass is 9.96. The summed E-state index contributed by atoms with van der Waals surface area (Å²) in [6.45, 7) is 0.226. The van der Waals surface area contributed by atoms with Crippen LogP contribution >= 0.6 is 11.6 Å². The number of hydrazine groups is 1. The van der Waals surface area contributed by atoms with E-state index in [2.05, 4.69) is 10.9 Å². The van der Waals surface area contributed by atoms with Gasteiger partial charge in [-0.15, -0.1) is 0 Å². The van der Waals surface area contributed by atoms with E-state index in [0.29, 0.717) is 28.5 Å². The predicted octanol–water partition coefficient (Wildman–Crippen LogP) is 2.37. The van der Waals surface area contributed by atoms with Gasteiger partial charge in [0.2, 0.25) is 5.91 Å². The molecule has 0 saturated heterocycles. The summed E-state index contributed by atoms with van der Waals surface area (Å²) in [6, 6.07) is 10.0. The Morgan fingerprint density at radius 3 is 2.44 bits per heavy atom. The molecule has 1 heterocycles. The van der Waals surface area contributed by atoms with Gasteiger partial charge >= 0.3 is 0 Å². The molecule has 0 bridgehead atoms. The number of halogens is 1. The molecule has 2 amide bonds. The summed E-state index contributed by atoms with van der Waals surface area (Å²) in [7, 11) is 2.98.